The van der Waals surface area contributed by atoms with E-state index >= 15 is 0 Å². The molecule has 2 unspecified atom stereocenters. The van der Waals surface area contributed by atoms with Gasteiger partial charge in [0.15, 0.2) is 0 Å². The van der Waals surface area contributed by atoms with Gasteiger partial charge >= 0.3 is 6.09 Å². The average Bonchev–Trinajstić information content (AvgIpc) is 2.75. The van der Waals surface area contributed by atoms with Crippen molar-refractivity contribution in [3.63, 3.8) is 0 Å². The molecule has 0 spiro atoms. The molecule has 2 atom stereocenters. The van der Waals surface area contributed by atoms with E-state index in [4.69, 9.17) is 9.47 Å². The molecule has 1 aromatic carbocycles. The lowest BCUT2D eigenvalue weighted by Gasteiger charge is -2.33. The summed E-state index contributed by atoms with van der Waals surface area (Å²) in [6, 6.07) is 9.83. The molecule has 2 heterocycles. The normalized spacial score (nSPS) is 27.2. The van der Waals surface area contributed by atoms with E-state index in [0.717, 1.165) is 25.1 Å². The number of carbonyl (C=O) groups is 1. The lowest BCUT2D eigenvalue weighted by molar-refractivity contribution is -0.0693. The van der Waals surface area contributed by atoms with Gasteiger partial charge in [-0.3, -0.25) is 4.90 Å². The summed E-state index contributed by atoms with van der Waals surface area (Å²) in [7, 11) is 0. The summed E-state index contributed by atoms with van der Waals surface area (Å²) in [6.07, 6.45) is 0.658. The van der Waals surface area contributed by atoms with E-state index in [-0.39, 0.29) is 18.2 Å². The smallest absolute Gasteiger partial charge is 0.412 e. The van der Waals surface area contributed by atoms with Crippen molar-refractivity contribution < 1.29 is 14.3 Å². The van der Waals surface area contributed by atoms with Gasteiger partial charge in [0.1, 0.15) is 12.3 Å². The fourth-order valence-electron chi connectivity index (χ4n) is 3.20. The number of ether oxygens (including phenoxy) is 2. The van der Waals surface area contributed by atoms with Crippen LogP contribution in [0.3, 0.4) is 0 Å². The zero-order chi connectivity index (χ0) is 14.9. The average molecular weight is 290 g/mol. The summed E-state index contributed by atoms with van der Waals surface area (Å²) in [5.74, 6) is 0. The van der Waals surface area contributed by atoms with Crippen LogP contribution in [-0.4, -0.2) is 42.0 Å². The third-order valence-electron chi connectivity index (χ3n) is 4.14. The Hall–Kier alpha value is -1.59. The number of amides is 1. The molecule has 2 saturated heterocycles. The first kappa shape index (κ1) is 14.4. The molecule has 5 nitrogen and oxygen atoms in total. The first-order valence-electron chi connectivity index (χ1n) is 7.46. The Kier molecular flexibility index (Phi) is 3.87. The van der Waals surface area contributed by atoms with E-state index in [2.05, 4.69) is 5.32 Å². The molecular formula is C16H22N2O3. The van der Waals surface area contributed by atoms with E-state index in [0.29, 0.717) is 6.61 Å². The predicted octanol–water partition coefficient (Wildman–Crippen LogP) is 2.12. The number of piperidine rings is 1. The molecule has 1 aromatic rings. The molecule has 1 N–H and O–H groups in total. The van der Waals surface area contributed by atoms with Gasteiger partial charge in [-0.05, 0) is 32.4 Å². The van der Waals surface area contributed by atoms with Crippen molar-refractivity contribution >= 4 is 6.09 Å². The SMILES string of the molecule is CC1(C)OC2CNCCC2N1C(=O)OCc1ccccc1. The van der Waals surface area contributed by atoms with Crippen molar-refractivity contribution in [2.75, 3.05) is 13.1 Å². The van der Waals surface area contributed by atoms with Crippen LogP contribution in [-0.2, 0) is 16.1 Å². The quantitative estimate of drug-likeness (QED) is 0.906. The minimum absolute atomic E-state index is 0.0537. The highest BCUT2D eigenvalue weighted by molar-refractivity contribution is 5.69. The lowest BCUT2D eigenvalue weighted by Crippen LogP contribution is -2.52. The Morgan fingerprint density at radius 1 is 1.43 bits per heavy atom. The molecular weight excluding hydrogens is 268 g/mol. The Morgan fingerprint density at radius 3 is 2.95 bits per heavy atom. The van der Waals surface area contributed by atoms with Gasteiger partial charge < -0.3 is 14.8 Å². The number of nitrogens with one attached hydrogen (secondary N) is 1. The van der Waals surface area contributed by atoms with Gasteiger partial charge in [0.25, 0.3) is 0 Å². The Morgan fingerprint density at radius 2 is 2.19 bits per heavy atom. The van der Waals surface area contributed by atoms with Gasteiger partial charge in [-0.1, -0.05) is 30.3 Å². The molecule has 21 heavy (non-hydrogen) atoms. The van der Waals surface area contributed by atoms with Crippen LogP contribution in [0.4, 0.5) is 4.79 Å². The third kappa shape index (κ3) is 2.89. The standard InChI is InChI=1S/C16H22N2O3/c1-16(2)18(13-8-9-17-10-14(13)21-16)15(19)20-11-12-6-4-3-5-7-12/h3-7,13-14,17H,8-11H2,1-2H3. The summed E-state index contributed by atoms with van der Waals surface area (Å²) < 4.78 is 11.5. The van der Waals surface area contributed by atoms with Gasteiger partial charge in [0.2, 0.25) is 0 Å². The van der Waals surface area contributed by atoms with E-state index in [9.17, 15) is 4.79 Å². The van der Waals surface area contributed by atoms with Gasteiger partial charge in [-0.25, -0.2) is 4.79 Å². The van der Waals surface area contributed by atoms with Crippen LogP contribution >= 0.6 is 0 Å². The van der Waals surface area contributed by atoms with Crippen molar-refractivity contribution in [2.24, 2.45) is 0 Å². The Labute approximate surface area is 125 Å². The molecule has 0 radical (unpaired) electrons. The van der Waals surface area contributed by atoms with Gasteiger partial charge in [-0.15, -0.1) is 0 Å². The minimum atomic E-state index is -0.616. The number of benzene rings is 1. The second-order valence-corrected chi connectivity index (χ2v) is 6.07. The molecule has 0 aromatic heterocycles. The number of carbonyl (C=O) groups excluding carboxylic acids is 1. The van der Waals surface area contributed by atoms with Gasteiger partial charge in [0.05, 0.1) is 12.1 Å². The third-order valence-corrected chi connectivity index (χ3v) is 4.14. The zero-order valence-electron chi connectivity index (χ0n) is 12.5. The molecule has 0 saturated carbocycles. The number of hydrogen-bond acceptors (Lipinski definition) is 4. The van der Waals surface area contributed by atoms with E-state index < -0.39 is 5.72 Å². The summed E-state index contributed by atoms with van der Waals surface area (Å²) in [6.45, 7) is 5.84. The van der Waals surface area contributed by atoms with Crippen LogP contribution in [0.15, 0.2) is 30.3 Å². The number of nitrogens with zero attached hydrogens (tertiary/aromatic N) is 1. The number of rotatable bonds is 2. The van der Waals surface area contributed by atoms with Crippen molar-refractivity contribution in [1.29, 1.82) is 0 Å². The maximum Gasteiger partial charge on any atom is 0.412 e. The monoisotopic (exact) mass is 290 g/mol. The van der Waals surface area contributed by atoms with Crippen molar-refractivity contribution in [3.05, 3.63) is 35.9 Å². The fraction of sp³-hybridized carbons (Fsp3) is 0.562. The maximum absolute atomic E-state index is 12.5. The zero-order valence-corrected chi connectivity index (χ0v) is 12.5. The molecule has 2 fully saturated rings. The second-order valence-electron chi connectivity index (χ2n) is 6.07. The minimum Gasteiger partial charge on any atom is -0.444 e. The summed E-state index contributed by atoms with van der Waals surface area (Å²) >= 11 is 0. The summed E-state index contributed by atoms with van der Waals surface area (Å²) in [5, 5.41) is 3.31. The van der Waals surface area contributed by atoms with Crippen LogP contribution in [0.25, 0.3) is 0 Å². The highest BCUT2D eigenvalue weighted by Crippen LogP contribution is 2.35. The van der Waals surface area contributed by atoms with Gasteiger partial charge in [0, 0.05) is 6.54 Å². The molecule has 114 valence electrons. The Bertz CT molecular complexity index is 504. The largest absolute Gasteiger partial charge is 0.444 e. The highest BCUT2D eigenvalue weighted by Gasteiger charge is 2.51. The van der Waals surface area contributed by atoms with Crippen LogP contribution in [0.1, 0.15) is 25.8 Å². The van der Waals surface area contributed by atoms with E-state index in [1.165, 1.54) is 0 Å². The van der Waals surface area contributed by atoms with Crippen molar-refractivity contribution in [2.45, 2.75) is 44.7 Å². The van der Waals surface area contributed by atoms with E-state index in [1.807, 2.05) is 44.2 Å². The second kappa shape index (κ2) is 5.66. The molecule has 1 amide bonds. The fourth-order valence-corrected chi connectivity index (χ4v) is 3.20. The number of hydrogen-bond donors (Lipinski definition) is 1. The molecule has 0 aliphatic carbocycles. The first-order chi connectivity index (χ1) is 10.1. The first-order valence-corrected chi connectivity index (χ1v) is 7.46. The van der Waals surface area contributed by atoms with Crippen LogP contribution < -0.4 is 5.32 Å². The van der Waals surface area contributed by atoms with Crippen molar-refractivity contribution in [3.8, 4) is 0 Å². The van der Waals surface area contributed by atoms with E-state index in [1.54, 1.807) is 4.90 Å². The molecule has 2 aliphatic heterocycles. The molecule has 3 rings (SSSR count). The van der Waals surface area contributed by atoms with Crippen molar-refractivity contribution in [1.82, 2.24) is 10.2 Å². The summed E-state index contributed by atoms with van der Waals surface area (Å²) in [4.78, 5) is 14.3. The molecule has 2 aliphatic rings. The van der Waals surface area contributed by atoms with Crippen LogP contribution in [0.2, 0.25) is 0 Å². The predicted molar refractivity (Wildman–Crippen MR) is 78.7 cm³/mol. The topological polar surface area (TPSA) is 50.8 Å². The maximum atomic E-state index is 12.5. The summed E-state index contributed by atoms with van der Waals surface area (Å²) in [5.41, 5.74) is 0.375. The van der Waals surface area contributed by atoms with Crippen LogP contribution in [0, 0.1) is 0 Å². The van der Waals surface area contributed by atoms with Crippen LogP contribution in [0.5, 0.6) is 0 Å². The molecule has 0 bridgehead atoms. The number of fused-ring (bicyclic) bond motifs is 1. The Balaban J connectivity index is 1.67. The highest BCUT2D eigenvalue weighted by atomic mass is 16.6. The lowest BCUT2D eigenvalue weighted by atomic mass is 10.0. The molecule has 5 heteroatoms. The van der Waals surface area contributed by atoms with Gasteiger partial charge in [-0.2, -0.15) is 0 Å².